The first-order valence-electron chi connectivity index (χ1n) is 4.19. The third-order valence-corrected chi connectivity index (χ3v) is 2.21. The minimum absolute atomic E-state index is 0.0496. The Morgan fingerprint density at radius 3 is 2.69 bits per heavy atom. The number of aromatic nitrogens is 2. The SMILES string of the molecule is CSc1nc(Cl)cc(OCCC(F)(F)F)n1. The first-order valence-corrected chi connectivity index (χ1v) is 5.79. The third kappa shape index (κ3) is 4.89. The van der Waals surface area contributed by atoms with Gasteiger partial charge in [0.1, 0.15) is 5.15 Å². The zero-order valence-electron chi connectivity index (χ0n) is 8.21. The van der Waals surface area contributed by atoms with Crippen LogP contribution in [-0.2, 0) is 0 Å². The van der Waals surface area contributed by atoms with Gasteiger partial charge in [-0.05, 0) is 6.26 Å². The largest absolute Gasteiger partial charge is 0.477 e. The van der Waals surface area contributed by atoms with E-state index in [9.17, 15) is 13.2 Å². The Morgan fingerprint density at radius 2 is 2.12 bits per heavy atom. The number of halogens is 4. The summed E-state index contributed by atoms with van der Waals surface area (Å²) in [5.74, 6) is 0.0496. The number of hydrogen-bond acceptors (Lipinski definition) is 4. The summed E-state index contributed by atoms with van der Waals surface area (Å²) in [6, 6.07) is 1.28. The molecule has 0 aliphatic heterocycles. The zero-order valence-corrected chi connectivity index (χ0v) is 9.79. The number of ether oxygens (including phenoxy) is 1. The molecule has 1 heterocycles. The second kappa shape index (κ2) is 5.58. The summed E-state index contributed by atoms with van der Waals surface area (Å²) in [7, 11) is 0. The molecule has 3 nitrogen and oxygen atoms in total. The van der Waals surface area contributed by atoms with Crippen molar-refractivity contribution in [3.8, 4) is 5.88 Å². The highest BCUT2D eigenvalue weighted by molar-refractivity contribution is 7.98. The van der Waals surface area contributed by atoms with Crippen LogP contribution in [0.25, 0.3) is 0 Å². The maximum atomic E-state index is 11.8. The lowest BCUT2D eigenvalue weighted by Crippen LogP contribution is -2.13. The second-order valence-electron chi connectivity index (χ2n) is 2.73. The van der Waals surface area contributed by atoms with Crippen molar-refractivity contribution in [3.63, 3.8) is 0 Å². The van der Waals surface area contributed by atoms with E-state index in [-0.39, 0.29) is 11.0 Å². The lowest BCUT2D eigenvalue weighted by atomic mass is 10.4. The van der Waals surface area contributed by atoms with Crippen molar-refractivity contribution in [2.75, 3.05) is 12.9 Å². The molecule has 0 fully saturated rings. The molecule has 0 unspecified atom stereocenters. The molecule has 1 aromatic rings. The highest BCUT2D eigenvalue weighted by Gasteiger charge is 2.26. The first kappa shape index (κ1) is 13.4. The number of thioether (sulfide) groups is 1. The van der Waals surface area contributed by atoms with Crippen molar-refractivity contribution in [1.29, 1.82) is 0 Å². The van der Waals surface area contributed by atoms with E-state index >= 15 is 0 Å². The van der Waals surface area contributed by atoms with Gasteiger partial charge < -0.3 is 4.74 Å². The van der Waals surface area contributed by atoms with E-state index in [1.807, 2.05) is 0 Å². The van der Waals surface area contributed by atoms with Gasteiger partial charge in [-0.2, -0.15) is 18.2 Å². The molecule has 1 rings (SSSR count). The number of hydrogen-bond donors (Lipinski definition) is 0. The predicted molar refractivity (Wildman–Crippen MR) is 55.0 cm³/mol. The van der Waals surface area contributed by atoms with E-state index in [4.69, 9.17) is 16.3 Å². The normalized spacial score (nSPS) is 11.6. The summed E-state index contributed by atoms with van der Waals surface area (Å²) in [4.78, 5) is 7.67. The molecule has 0 bridgehead atoms. The molecular formula is C8H8ClF3N2OS. The summed E-state index contributed by atoms with van der Waals surface area (Å²) in [6.07, 6.45) is -3.53. The van der Waals surface area contributed by atoms with Crippen molar-refractivity contribution < 1.29 is 17.9 Å². The van der Waals surface area contributed by atoms with Gasteiger partial charge in [-0.1, -0.05) is 23.4 Å². The fourth-order valence-corrected chi connectivity index (χ4v) is 1.41. The average molecular weight is 273 g/mol. The van der Waals surface area contributed by atoms with Crippen LogP contribution in [0.2, 0.25) is 5.15 Å². The minimum Gasteiger partial charge on any atom is -0.477 e. The number of alkyl halides is 3. The van der Waals surface area contributed by atoms with E-state index in [0.717, 1.165) is 0 Å². The topological polar surface area (TPSA) is 35.0 Å². The third-order valence-electron chi connectivity index (χ3n) is 1.47. The van der Waals surface area contributed by atoms with Gasteiger partial charge in [0.15, 0.2) is 5.16 Å². The van der Waals surface area contributed by atoms with Crippen LogP contribution in [0.1, 0.15) is 6.42 Å². The van der Waals surface area contributed by atoms with Crippen molar-refractivity contribution in [2.45, 2.75) is 17.8 Å². The highest BCUT2D eigenvalue weighted by Crippen LogP contribution is 2.22. The monoisotopic (exact) mass is 272 g/mol. The van der Waals surface area contributed by atoms with Crippen molar-refractivity contribution >= 4 is 23.4 Å². The lowest BCUT2D eigenvalue weighted by molar-refractivity contribution is -0.139. The summed E-state index contributed by atoms with van der Waals surface area (Å²) in [5.41, 5.74) is 0. The van der Waals surface area contributed by atoms with E-state index in [2.05, 4.69) is 9.97 Å². The van der Waals surface area contributed by atoms with E-state index in [1.165, 1.54) is 17.8 Å². The van der Waals surface area contributed by atoms with Gasteiger partial charge in [-0.25, -0.2) is 4.98 Å². The molecule has 0 aliphatic rings. The molecule has 90 valence electrons. The van der Waals surface area contributed by atoms with Gasteiger partial charge in [0.25, 0.3) is 0 Å². The standard InChI is InChI=1S/C8H8ClF3N2OS/c1-16-7-13-5(9)4-6(14-7)15-3-2-8(10,11)12/h4H,2-3H2,1H3. The zero-order chi connectivity index (χ0) is 12.2. The van der Waals surface area contributed by atoms with Gasteiger partial charge in [-0.3, -0.25) is 0 Å². The molecule has 0 saturated heterocycles. The smallest absolute Gasteiger partial charge is 0.392 e. The van der Waals surface area contributed by atoms with Gasteiger partial charge in [0.05, 0.1) is 13.0 Å². The fraction of sp³-hybridized carbons (Fsp3) is 0.500. The fourth-order valence-electron chi connectivity index (χ4n) is 0.814. The molecular weight excluding hydrogens is 265 g/mol. The highest BCUT2D eigenvalue weighted by atomic mass is 35.5. The Bertz CT molecular complexity index is 362. The van der Waals surface area contributed by atoms with Crippen molar-refractivity contribution in [2.24, 2.45) is 0 Å². The Morgan fingerprint density at radius 1 is 1.44 bits per heavy atom. The molecule has 1 aromatic heterocycles. The molecule has 0 aliphatic carbocycles. The van der Waals surface area contributed by atoms with Crippen LogP contribution < -0.4 is 4.74 Å². The van der Waals surface area contributed by atoms with Crippen LogP contribution in [0, 0.1) is 0 Å². The first-order chi connectivity index (χ1) is 7.40. The van der Waals surface area contributed by atoms with Gasteiger partial charge in [-0.15, -0.1) is 0 Å². The van der Waals surface area contributed by atoms with Crippen LogP contribution in [0.5, 0.6) is 5.88 Å². The van der Waals surface area contributed by atoms with Crippen LogP contribution >= 0.6 is 23.4 Å². The van der Waals surface area contributed by atoms with Crippen LogP contribution in [0.3, 0.4) is 0 Å². The van der Waals surface area contributed by atoms with Crippen LogP contribution in [0.4, 0.5) is 13.2 Å². The molecule has 0 spiro atoms. The second-order valence-corrected chi connectivity index (χ2v) is 3.89. The van der Waals surface area contributed by atoms with Gasteiger partial charge in [0, 0.05) is 6.07 Å². The summed E-state index contributed by atoms with van der Waals surface area (Å²) in [5, 5.41) is 0.496. The summed E-state index contributed by atoms with van der Waals surface area (Å²) in [6.45, 7) is -0.481. The average Bonchev–Trinajstić information content (AvgIpc) is 2.14. The molecule has 8 heteroatoms. The predicted octanol–water partition coefficient (Wildman–Crippen LogP) is 3.18. The summed E-state index contributed by atoms with van der Waals surface area (Å²) >= 11 is 6.86. The molecule has 0 radical (unpaired) electrons. The molecule has 16 heavy (non-hydrogen) atoms. The number of nitrogens with zero attached hydrogens (tertiary/aromatic N) is 2. The van der Waals surface area contributed by atoms with Crippen LogP contribution in [-0.4, -0.2) is 29.0 Å². The molecule has 0 saturated carbocycles. The van der Waals surface area contributed by atoms with E-state index in [1.54, 1.807) is 6.26 Å². The quantitative estimate of drug-likeness (QED) is 0.479. The Balaban J connectivity index is 2.57. The Kier molecular flexibility index (Phi) is 4.67. The van der Waals surface area contributed by atoms with Crippen molar-refractivity contribution in [3.05, 3.63) is 11.2 Å². The maximum absolute atomic E-state index is 11.8. The van der Waals surface area contributed by atoms with E-state index < -0.39 is 19.2 Å². The van der Waals surface area contributed by atoms with E-state index in [0.29, 0.717) is 5.16 Å². The van der Waals surface area contributed by atoms with Gasteiger partial charge >= 0.3 is 6.18 Å². The molecule has 0 amide bonds. The molecule has 0 atom stereocenters. The molecule has 0 N–H and O–H groups in total. The minimum atomic E-state index is -4.24. The Labute approximate surface area is 99.4 Å². The molecule has 0 aromatic carbocycles. The van der Waals surface area contributed by atoms with Crippen molar-refractivity contribution in [1.82, 2.24) is 9.97 Å². The van der Waals surface area contributed by atoms with Gasteiger partial charge in [0.2, 0.25) is 5.88 Å². The maximum Gasteiger partial charge on any atom is 0.392 e. The lowest BCUT2D eigenvalue weighted by Gasteiger charge is -2.08. The number of rotatable bonds is 4. The Hall–Kier alpha value is -0.690. The summed E-state index contributed by atoms with van der Waals surface area (Å²) < 4.78 is 40.4. The van der Waals surface area contributed by atoms with Crippen LogP contribution in [0.15, 0.2) is 11.2 Å².